The van der Waals surface area contributed by atoms with E-state index in [1.807, 2.05) is 44.2 Å². The normalized spacial score (nSPS) is 17.0. The first-order chi connectivity index (χ1) is 14.8. The van der Waals surface area contributed by atoms with Crippen LogP contribution in [0, 0.1) is 13.8 Å². The molecule has 2 aromatic rings. The number of amides is 1. The van der Waals surface area contributed by atoms with Gasteiger partial charge in [0.05, 0.1) is 0 Å². The van der Waals surface area contributed by atoms with Gasteiger partial charge in [0.1, 0.15) is 16.6 Å². The van der Waals surface area contributed by atoms with Gasteiger partial charge in [-0.3, -0.25) is 9.69 Å². The molecule has 1 fully saturated rings. The van der Waals surface area contributed by atoms with Crippen LogP contribution in [0.15, 0.2) is 39.8 Å². The monoisotopic (exact) mass is 448 g/mol. The number of rotatable bonds is 7. The molecule has 1 aromatic carbocycles. The van der Waals surface area contributed by atoms with Crippen LogP contribution in [0.3, 0.4) is 0 Å². The summed E-state index contributed by atoms with van der Waals surface area (Å²) in [6.07, 6.45) is 0.577. The van der Waals surface area contributed by atoms with E-state index in [0.717, 1.165) is 18.7 Å². The van der Waals surface area contributed by atoms with Gasteiger partial charge in [-0.1, -0.05) is 49.3 Å². The molecule has 9 heteroatoms. The molecule has 1 atom stereocenters. The molecule has 31 heavy (non-hydrogen) atoms. The van der Waals surface area contributed by atoms with Crippen molar-refractivity contribution < 1.29 is 17.7 Å². The van der Waals surface area contributed by atoms with Gasteiger partial charge in [0.15, 0.2) is 5.76 Å². The number of benzene rings is 1. The summed E-state index contributed by atoms with van der Waals surface area (Å²) in [7, 11) is -3.72. The van der Waals surface area contributed by atoms with Crippen LogP contribution in [0.1, 0.15) is 43.3 Å². The van der Waals surface area contributed by atoms with Crippen molar-refractivity contribution in [2.75, 3.05) is 39.3 Å². The van der Waals surface area contributed by atoms with E-state index in [9.17, 15) is 13.2 Å². The van der Waals surface area contributed by atoms with Crippen molar-refractivity contribution in [1.29, 1.82) is 0 Å². The lowest BCUT2D eigenvalue weighted by molar-refractivity contribution is -0.137. The van der Waals surface area contributed by atoms with Crippen LogP contribution < -0.4 is 0 Å². The predicted molar refractivity (Wildman–Crippen MR) is 118 cm³/mol. The molecule has 0 aliphatic carbocycles. The van der Waals surface area contributed by atoms with Crippen molar-refractivity contribution in [2.24, 2.45) is 0 Å². The average Bonchev–Trinajstić information content (AvgIpc) is 2.95. The fourth-order valence-electron chi connectivity index (χ4n) is 4.23. The van der Waals surface area contributed by atoms with E-state index in [-0.39, 0.29) is 23.4 Å². The lowest BCUT2D eigenvalue weighted by atomic mass is 10.0. The third-order valence-electron chi connectivity index (χ3n) is 5.86. The molecule has 2 heterocycles. The molecule has 1 aromatic heterocycles. The zero-order chi connectivity index (χ0) is 22.6. The Hall–Kier alpha value is -2.23. The van der Waals surface area contributed by atoms with Crippen LogP contribution in [-0.4, -0.2) is 72.9 Å². The quantitative estimate of drug-likeness (QED) is 0.647. The van der Waals surface area contributed by atoms with Gasteiger partial charge in [0.2, 0.25) is 15.9 Å². The zero-order valence-electron chi connectivity index (χ0n) is 18.7. The van der Waals surface area contributed by atoms with E-state index >= 15 is 0 Å². The molecule has 0 bridgehead atoms. The number of hydrogen-bond acceptors (Lipinski definition) is 6. The summed E-state index contributed by atoms with van der Waals surface area (Å²) < 4.78 is 32.9. The maximum absolute atomic E-state index is 13.6. The first-order valence-corrected chi connectivity index (χ1v) is 12.3. The second-order valence-electron chi connectivity index (χ2n) is 7.77. The summed E-state index contributed by atoms with van der Waals surface area (Å²) in [6.45, 7) is 10.3. The Kier molecular flexibility index (Phi) is 7.51. The lowest BCUT2D eigenvalue weighted by Crippen LogP contribution is -2.44. The minimum Gasteiger partial charge on any atom is -0.360 e. The highest BCUT2D eigenvalue weighted by molar-refractivity contribution is 7.89. The molecule has 0 spiro atoms. The average molecular weight is 449 g/mol. The van der Waals surface area contributed by atoms with Crippen molar-refractivity contribution >= 4 is 15.9 Å². The highest BCUT2D eigenvalue weighted by atomic mass is 32.2. The Morgan fingerprint density at radius 1 is 1.10 bits per heavy atom. The molecular formula is C22H32N4O4S. The van der Waals surface area contributed by atoms with Crippen molar-refractivity contribution in [3.05, 3.63) is 47.3 Å². The topological polar surface area (TPSA) is 87.0 Å². The number of carbonyl (C=O) groups excluding carboxylic acids is 1. The van der Waals surface area contributed by atoms with Crippen LogP contribution in [0.25, 0.3) is 0 Å². The Bertz CT molecular complexity index is 967. The van der Waals surface area contributed by atoms with E-state index in [2.05, 4.69) is 10.1 Å². The third-order valence-corrected chi connectivity index (χ3v) is 8.00. The molecule has 1 unspecified atom stereocenters. The number of aromatic nitrogens is 1. The predicted octanol–water partition coefficient (Wildman–Crippen LogP) is 2.60. The number of carbonyl (C=O) groups is 1. The standard InChI is InChI=1S/C22H32N4O4S/c1-5-24(6-2)20(19-11-8-7-9-12-19)22(27)25-13-10-14-26(16-15-25)31(28,29)21-17(3)23-30-18(21)4/h7-9,11-12,20H,5-6,10,13-16H2,1-4H3. The van der Waals surface area contributed by atoms with Gasteiger partial charge in [-0.25, -0.2) is 8.42 Å². The van der Waals surface area contributed by atoms with Crippen molar-refractivity contribution in [3.63, 3.8) is 0 Å². The molecule has 1 aliphatic heterocycles. The Morgan fingerprint density at radius 2 is 1.77 bits per heavy atom. The third kappa shape index (κ3) is 4.83. The fourth-order valence-corrected chi connectivity index (χ4v) is 5.99. The van der Waals surface area contributed by atoms with Crippen molar-refractivity contribution in [1.82, 2.24) is 19.3 Å². The molecule has 0 radical (unpaired) electrons. The maximum atomic E-state index is 13.6. The summed E-state index contributed by atoms with van der Waals surface area (Å²) in [4.78, 5) is 17.7. The van der Waals surface area contributed by atoms with E-state index in [0.29, 0.717) is 37.5 Å². The minimum absolute atomic E-state index is 0.0199. The first kappa shape index (κ1) is 23.4. The molecular weight excluding hydrogens is 416 g/mol. The highest BCUT2D eigenvalue weighted by Gasteiger charge is 2.35. The van der Waals surface area contributed by atoms with Gasteiger partial charge in [0.25, 0.3) is 0 Å². The van der Waals surface area contributed by atoms with Crippen molar-refractivity contribution in [3.8, 4) is 0 Å². The molecule has 1 amide bonds. The fraction of sp³-hybridized carbons (Fsp3) is 0.545. The molecule has 8 nitrogen and oxygen atoms in total. The number of aryl methyl sites for hydroxylation is 2. The summed E-state index contributed by atoms with van der Waals surface area (Å²) in [5.74, 6) is 0.312. The minimum atomic E-state index is -3.72. The Labute approximate surface area is 184 Å². The Balaban J connectivity index is 1.81. The SMILES string of the molecule is CCN(CC)C(C(=O)N1CCCN(S(=O)(=O)c2c(C)noc2C)CC1)c1ccccc1. The summed E-state index contributed by atoms with van der Waals surface area (Å²) in [5.41, 5.74) is 1.32. The van der Waals surface area contributed by atoms with Gasteiger partial charge in [0, 0.05) is 26.2 Å². The second kappa shape index (κ2) is 9.93. The zero-order valence-corrected chi connectivity index (χ0v) is 19.6. The first-order valence-electron chi connectivity index (χ1n) is 10.8. The summed E-state index contributed by atoms with van der Waals surface area (Å²) >= 11 is 0. The van der Waals surface area contributed by atoms with Gasteiger partial charge < -0.3 is 9.42 Å². The number of likely N-dealkylation sites (N-methyl/N-ethyl adjacent to an activating group) is 1. The lowest BCUT2D eigenvalue weighted by Gasteiger charge is -2.33. The maximum Gasteiger partial charge on any atom is 0.248 e. The van der Waals surface area contributed by atoms with Crippen LogP contribution in [0.4, 0.5) is 0 Å². The van der Waals surface area contributed by atoms with E-state index in [1.54, 1.807) is 18.7 Å². The molecule has 1 aliphatic rings. The van der Waals surface area contributed by atoms with Gasteiger partial charge >= 0.3 is 0 Å². The highest BCUT2D eigenvalue weighted by Crippen LogP contribution is 2.26. The molecule has 1 saturated heterocycles. The van der Waals surface area contributed by atoms with Gasteiger partial charge in [-0.2, -0.15) is 4.31 Å². The number of sulfonamides is 1. The smallest absolute Gasteiger partial charge is 0.248 e. The Morgan fingerprint density at radius 3 is 2.35 bits per heavy atom. The second-order valence-corrected chi connectivity index (χ2v) is 9.65. The molecule has 170 valence electrons. The summed E-state index contributed by atoms with van der Waals surface area (Å²) in [6, 6.07) is 9.41. The van der Waals surface area contributed by atoms with E-state index < -0.39 is 10.0 Å². The largest absolute Gasteiger partial charge is 0.360 e. The number of nitrogens with zero attached hydrogens (tertiary/aromatic N) is 4. The molecule has 3 rings (SSSR count). The van der Waals surface area contributed by atoms with Crippen LogP contribution in [-0.2, 0) is 14.8 Å². The number of hydrogen-bond donors (Lipinski definition) is 0. The van der Waals surface area contributed by atoms with Gasteiger partial charge in [-0.05, 0) is 38.9 Å². The summed E-state index contributed by atoms with van der Waals surface area (Å²) in [5, 5.41) is 3.79. The van der Waals surface area contributed by atoms with Crippen LogP contribution in [0.2, 0.25) is 0 Å². The van der Waals surface area contributed by atoms with Crippen LogP contribution >= 0.6 is 0 Å². The molecule has 0 N–H and O–H groups in total. The van der Waals surface area contributed by atoms with Gasteiger partial charge in [-0.15, -0.1) is 0 Å². The molecule has 0 saturated carbocycles. The van der Waals surface area contributed by atoms with E-state index in [1.165, 1.54) is 4.31 Å². The van der Waals surface area contributed by atoms with E-state index in [4.69, 9.17) is 4.52 Å². The van der Waals surface area contributed by atoms with Crippen molar-refractivity contribution in [2.45, 2.75) is 45.1 Å². The van der Waals surface area contributed by atoms with Crippen LogP contribution in [0.5, 0.6) is 0 Å².